The minimum Gasteiger partial charge on any atom is -0.375 e. The summed E-state index contributed by atoms with van der Waals surface area (Å²) in [7, 11) is 0. The summed E-state index contributed by atoms with van der Waals surface area (Å²) in [6.45, 7) is 6.22. The van der Waals surface area contributed by atoms with Crippen molar-refractivity contribution in [1.82, 2.24) is 0 Å². The molecule has 2 aliphatic rings. The fourth-order valence-corrected chi connectivity index (χ4v) is 1.88. The Bertz CT molecular complexity index is 163. The molecule has 2 unspecified atom stereocenters. The van der Waals surface area contributed by atoms with Gasteiger partial charge in [0.1, 0.15) is 0 Å². The Morgan fingerprint density at radius 2 is 2.09 bits per heavy atom. The van der Waals surface area contributed by atoms with Crippen LogP contribution in [0.2, 0.25) is 0 Å². The summed E-state index contributed by atoms with van der Waals surface area (Å²) in [5, 5.41) is 0. The summed E-state index contributed by atoms with van der Waals surface area (Å²) in [6, 6.07) is 0. The number of rotatable bonds is 1. The Kier molecular flexibility index (Phi) is 1.52. The van der Waals surface area contributed by atoms with Crippen molar-refractivity contribution >= 4 is 0 Å². The van der Waals surface area contributed by atoms with E-state index in [1.165, 1.54) is 0 Å². The molecule has 2 atom stereocenters. The Labute approximate surface area is 67.9 Å². The van der Waals surface area contributed by atoms with Crippen LogP contribution in [0.3, 0.4) is 0 Å². The highest BCUT2D eigenvalue weighted by Crippen LogP contribution is 2.44. The lowest BCUT2D eigenvalue weighted by Crippen LogP contribution is -2.40. The molecule has 0 saturated carbocycles. The molecule has 0 N–H and O–H groups in total. The molecule has 2 aliphatic heterocycles. The smallest absolute Gasteiger partial charge is 0.0965 e. The van der Waals surface area contributed by atoms with Crippen LogP contribution in [0.15, 0.2) is 0 Å². The molecule has 0 bridgehead atoms. The Morgan fingerprint density at radius 1 is 1.36 bits per heavy atom. The first-order valence-electron chi connectivity index (χ1n) is 4.46. The minimum atomic E-state index is 0.0920. The van der Waals surface area contributed by atoms with Crippen molar-refractivity contribution in [1.29, 1.82) is 0 Å². The molecule has 0 radical (unpaired) electrons. The zero-order valence-electron chi connectivity index (χ0n) is 7.35. The molecule has 2 saturated heterocycles. The van der Waals surface area contributed by atoms with Gasteiger partial charge in [-0.2, -0.15) is 0 Å². The molecule has 1 spiro atoms. The van der Waals surface area contributed by atoms with Gasteiger partial charge >= 0.3 is 0 Å². The normalized spacial score (nSPS) is 49.6. The Balaban J connectivity index is 2.03. The molecular weight excluding hydrogens is 140 g/mol. The lowest BCUT2D eigenvalue weighted by molar-refractivity contribution is -0.0934. The predicted octanol–water partition coefficient (Wildman–Crippen LogP) is 1.73. The third-order valence-corrected chi connectivity index (χ3v) is 3.00. The van der Waals surface area contributed by atoms with Gasteiger partial charge in [0, 0.05) is 12.8 Å². The van der Waals surface area contributed by atoms with Crippen molar-refractivity contribution < 1.29 is 9.47 Å². The van der Waals surface area contributed by atoms with Crippen molar-refractivity contribution in [3.63, 3.8) is 0 Å². The molecule has 2 heterocycles. The van der Waals surface area contributed by atoms with Gasteiger partial charge in [-0.15, -0.1) is 0 Å². The Morgan fingerprint density at radius 3 is 2.64 bits per heavy atom. The van der Waals surface area contributed by atoms with Crippen LogP contribution in [0.4, 0.5) is 0 Å². The summed E-state index contributed by atoms with van der Waals surface area (Å²) in [5.74, 6) is 0. The van der Waals surface area contributed by atoms with Gasteiger partial charge in [0.25, 0.3) is 0 Å². The third kappa shape index (κ3) is 1.30. The first-order chi connectivity index (χ1) is 5.18. The summed E-state index contributed by atoms with van der Waals surface area (Å²) >= 11 is 0. The van der Waals surface area contributed by atoms with E-state index < -0.39 is 0 Å². The first kappa shape index (κ1) is 7.56. The molecule has 2 nitrogen and oxygen atoms in total. The summed E-state index contributed by atoms with van der Waals surface area (Å²) < 4.78 is 11.2. The van der Waals surface area contributed by atoms with Crippen molar-refractivity contribution in [3.05, 3.63) is 0 Å². The minimum absolute atomic E-state index is 0.0920. The molecule has 64 valence electrons. The maximum Gasteiger partial charge on any atom is 0.0965 e. The Hall–Kier alpha value is -0.0800. The maximum absolute atomic E-state index is 5.71. The number of ether oxygens (including phenoxy) is 2. The molecule has 2 fully saturated rings. The zero-order valence-corrected chi connectivity index (χ0v) is 7.35. The van der Waals surface area contributed by atoms with Crippen molar-refractivity contribution in [2.45, 2.75) is 44.3 Å². The van der Waals surface area contributed by atoms with Crippen LogP contribution in [0, 0.1) is 0 Å². The van der Waals surface area contributed by atoms with Crippen LogP contribution in [0.5, 0.6) is 0 Å². The van der Waals surface area contributed by atoms with E-state index in [9.17, 15) is 0 Å². The highest BCUT2D eigenvalue weighted by molar-refractivity contribution is 5.00. The molecule has 0 aromatic rings. The van der Waals surface area contributed by atoms with Gasteiger partial charge in [0.2, 0.25) is 0 Å². The molecule has 2 rings (SSSR count). The van der Waals surface area contributed by atoms with Gasteiger partial charge in [-0.25, -0.2) is 0 Å². The van der Waals surface area contributed by atoms with Crippen LogP contribution in [-0.4, -0.2) is 24.4 Å². The monoisotopic (exact) mass is 156 g/mol. The van der Waals surface area contributed by atoms with Gasteiger partial charge in [-0.3, -0.25) is 0 Å². The van der Waals surface area contributed by atoms with Crippen molar-refractivity contribution in [2.24, 2.45) is 0 Å². The van der Waals surface area contributed by atoms with E-state index in [4.69, 9.17) is 9.47 Å². The highest BCUT2D eigenvalue weighted by Gasteiger charge is 2.51. The van der Waals surface area contributed by atoms with E-state index >= 15 is 0 Å². The van der Waals surface area contributed by atoms with Gasteiger partial charge in [-0.1, -0.05) is 6.92 Å². The van der Waals surface area contributed by atoms with Crippen LogP contribution < -0.4 is 0 Å². The summed E-state index contributed by atoms with van der Waals surface area (Å²) in [4.78, 5) is 0. The van der Waals surface area contributed by atoms with Crippen molar-refractivity contribution in [2.75, 3.05) is 13.2 Å². The van der Waals surface area contributed by atoms with Gasteiger partial charge in [-0.05, 0) is 13.3 Å². The van der Waals surface area contributed by atoms with Crippen LogP contribution in [-0.2, 0) is 9.47 Å². The molecule has 0 aromatic heterocycles. The second-order valence-electron chi connectivity index (χ2n) is 4.05. The molecule has 11 heavy (non-hydrogen) atoms. The van der Waals surface area contributed by atoms with Gasteiger partial charge in [0.15, 0.2) is 0 Å². The van der Waals surface area contributed by atoms with E-state index in [0.717, 1.165) is 32.5 Å². The topological polar surface area (TPSA) is 21.8 Å². The number of hydrogen-bond acceptors (Lipinski definition) is 2. The van der Waals surface area contributed by atoms with Crippen molar-refractivity contribution in [3.8, 4) is 0 Å². The number of epoxide rings is 1. The third-order valence-electron chi connectivity index (χ3n) is 3.00. The standard InChI is InChI=1S/C9H16O2/c1-3-8(2)6-9(7-11-9)4-5-10-8/h3-7H2,1-2H3. The SMILES string of the molecule is CCC1(C)CC2(CCO1)CO2. The maximum atomic E-state index is 5.71. The highest BCUT2D eigenvalue weighted by atomic mass is 16.6. The quantitative estimate of drug-likeness (QED) is 0.539. The van der Waals surface area contributed by atoms with E-state index in [2.05, 4.69) is 13.8 Å². The zero-order chi connectivity index (χ0) is 7.95. The average Bonchev–Trinajstić information content (AvgIpc) is 2.69. The van der Waals surface area contributed by atoms with E-state index in [1.54, 1.807) is 0 Å². The van der Waals surface area contributed by atoms with Crippen LogP contribution in [0.1, 0.15) is 33.1 Å². The van der Waals surface area contributed by atoms with Crippen LogP contribution in [0.25, 0.3) is 0 Å². The molecule has 0 aromatic carbocycles. The predicted molar refractivity (Wildman–Crippen MR) is 42.6 cm³/mol. The van der Waals surface area contributed by atoms with Crippen LogP contribution >= 0.6 is 0 Å². The number of hydrogen-bond donors (Lipinski definition) is 0. The summed E-state index contributed by atoms with van der Waals surface area (Å²) in [5.41, 5.74) is 0.331. The first-order valence-corrected chi connectivity index (χ1v) is 4.46. The van der Waals surface area contributed by atoms with E-state index in [-0.39, 0.29) is 11.2 Å². The van der Waals surface area contributed by atoms with E-state index in [0.29, 0.717) is 0 Å². The van der Waals surface area contributed by atoms with Gasteiger partial charge < -0.3 is 9.47 Å². The lowest BCUT2D eigenvalue weighted by Gasteiger charge is -2.36. The average molecular weight is 156 g/mol. The summed E-state index contributed by atoms with van der Waals surface area (Å²) in [6.07, 6.45) is 3.29. The largest absolute Gasteiger partial charge is 0.375 e. The van der Waals surface area contributed by atoms with Gasteiger partial charge in [0.05, 0.1) is 24.4 Å². The lowest BCUT2D eigenvalue weighted by atomic mass is 9.86. The molecule has 0 amide bonds. The molecular formula is C9H16O2. The second kappa shape index (κ2) is 2.20. The molecule has 0 aliphatic carbocycles. The molecule has 2 heteroatoms. The van der Waals surface area contributed by atoms with E-state index in [1.807, 2.05) is 0 Å². The fraction of sp³-hybridized carbons (Fsp3) is 1.00. The fourth-order valence-electron chi connectivity index (χ4n) is 1.88. The second-order valence-corrected chi connectivity index (χ2v) is 4.05.